The van der Waals surface area contributed by atoms with E-state index in [9.17, 15) is 9.59 Å². The smallest absolute Gasteiger partial charge is 0.251 e. The van der Waals surface area contributed by atoms with Crippen LogP contribution in [0.25, 0.3) is 0 Å². The summed E-state index contributed by atoms with van der Waals surface area (Å²) in [4.78, 5) is 23.4. The molecule has 2 rings (SSSR count). The van der Waals surface area contributed by atoms with Gasteiger partial charge in [0.1, 0.15) is 0 Å². The van der Waals surface area contributed by atoms with Crippen LogP contribution in [0.4, 0.5) is 0 Å². The lowest BCUT2D eigenvalue weighted by atomic mass is 9.95. The summed E-state index contributed by atoms with van der Waals surface area (Å²) in [7, 11) is 0. The summed E-state index contributed by atoms with van der Waals surface area (Å²) in [5, 5.41) is 3.04. The second kappa shape index (κ2) is 6.89. The van der Waals surface area contributed by atoms with Crippen LogP contribution in [0.5, 0.6) is 0 Å². The minimum atomic E-state index is -0.503. The standard InChI is InChI=1S/C18H20N2O2/c1-12(2)16(13-6-4-3-5-7-13)20-18(22)15-10-8-14(9-11-15)17(19)21/h3-12,16H,1-2H3,(H2,19,21)(H,20,22)/t16-/m1/s1. The first-order chi connectivity index (χ1) is 10.5. The number of carbonyl (C=O) groups excluding carboxylic acids is 2. The zero-order valence-corrected chi connectivity index (χ0v) is 12.7. The fourth-order valence-corrected chi connectivity index (χ4v) is 2.31. The van der Waals surface area contributed by atoms with Crippen molar-refractivity contribution in [3.8, 4) is 0 Å². The van der Waals surface area contributed by atoms with E-state index >= 15 is 0 Å². The second-order valence-electron chi connectivity index (χ2n) is 5.55. The highest BCUT2D eigenvalue weighted by atomic mass is 16.2. The Kier molecular flexibility index (Phi) is 4.94. The van der Waals surface area contributed by atoms with E-state index in [-0.39, 0.29) is 17.9 Å². The number of benzene rings is 2. The Hall–Kier alpha value is -2.62. The predicted molar refractivity (Wildman–Crippen MR) is 86.4 cm³/mol. The zero-order chi connectivity index (χ0) is 16.1. The van der Waals surface area contributed by atoms with Crippen molar-refractivity contribution < 1.29 is 9.59 Å². The van der Waals surface area contributed by atoms with Gasteiger partial charge < -0.3 is 11.1 Å². The highest BCUT2D eigenvalue weighted by molar-refractivity contribution is 5.97. The molecule has 0 radical (unpaired) electrons. The lowest BCUT2D eigenvalue weighted by Gasteiger charge is -2.23. The summed E-state index contributed by atoms with van der Waals surface area (Å²) < 4.78 is 0. The second-order valence-corrected chi connectivity index (χ2v) is 5.55. The number of hydrogen-bond acceptors (Lipinski definition) is 2. The van der Waals surface area contributed by atoms with Crippen LogP contribution in [0.1, 0.15) is 46.2 Å². The maximum atomic E-state index is 12.4. The number of nitrogens with two attached hydrogens (primary N) is 1. The van der Waals surface area contributed by atoms with Crippen LogP contribution < -0.4 is 11.1 Å². The minimum Gasteiger partial charge on any atom is -0.366 e. The number of amides is 2. The molecule has 0 aliphatic heterocycles. The molecular formula is C18H20N2O2. The molecule has 0 unspecified atom stereocenters. The molecule has 0 aliphatic carbocycles. The van der Waals surface area contributed by atoms with Crippen molar-refractivity contribution in [2.75, 3.05) is 0 Å². The summed E-state index contributed by atoms with van der Waals surface area (Å²) in [5.41, 5.74) is 7.16. The van der Waals surface area contributed by atoms with Gasteiger partial charge in [0.25, 0.3) is 5.91 Å². The quantitative estimate of drug-likeness (QED) is 0.890. The molecule has 2 aromatic carbocycles. The van der Waals surface area contributed by atoms with E-state index in [1.807, 2.05) is 30.3 Å². The molecule has 2 amide bonds. The van der Waals surface area contributed by atoms with Gasteiger partial charge in [0.15, 0.2) is 0 Å². The largest absolute Gasteiger partial charge is 0.366 e. The Labute approximate surface area is 130 Å². The van der Waals surface area contributed by atoms with E-state index in [0.29, 0.717) is 11.1 Å². The summed E-state index contributed by atoms with van der Waals surface area (Å²) >= 11 is 0. The molecule has 4 nitrogen and oxygen atoms in total. The molecule has 0 spiro atoms. The SMILES string of the molecule is CC(C)[C@@H](NC(=O)c1ccc(C(N)=O)cc1)c1ccccc1. The number of primary amides is 1. The van der Waals surface area contributed by atoms with Gasteiger partial charge in [-0.3, -0.25) is 9.59 Å². The topological polar surface area (TPSA) is 72.2 Å². The summed E-state index contributed by atoms with van der Waals surface area (Å²) in [5.74, 6) is -0.411. The maximum Gasteiger partial charge on any atom is 0.251 e. The van der Waals surface area contributed by atoms with Crippen LogP contribution >= 0.6 is 0 Å². The van der Waals surface area contributed by atoms with Crippen molar-refractivity contribution >= 4 is 11.8 Å². The molecule has 1 atom stereocenters. The van der Waals surface area contributed by atoms with Crippen molar-refractivity contribution in [2.24, 2.45) is 11.7 Å². The van der Waals surface area contributed by atoms with E-state index in [1.165, 1.54) is 0 Å². The summed E-state index contributed by atoms with van der Waals surface area (Å²) in [6.45, 7) is 4.13. The summed E-state index contributed by atoms with van der Waals surface area (Å²) in [6.07, 6.45) is 0. The minimum absolute atomic E-state index is 0.0653. The Morgan fingerprint density at radius 3 is 1.95 bits per heavy atom. The van der Waals surface area contributed by atoms with E-state index in [4.69, 9.17) is 5.73 Å². The predicted octanol–water partition coefficient (Wildman–Crippen LogP) is 2.91. The van der Waals surface area contributed by atoms with Crippen molar-refractivity contribution in [1.82, 2.24) is 5.32 Å². The summed E-state index contributed by atoms with van der Waals surface area (Å²) in [6, 6.07) is 16.1. The number of carbonyl (C=O) groups is 2. The lowest BCUT2D eigenvalue weighted by Crippen LogP contribution is -2.31. The molecule has 0 saturated carbocycles. The van der Waals surface area contributed by atoms with Gasteiger partial charge in [-0.15, -0.1) is 0 Å². The van der Waals surface area contributed by atoms with E-state index < -0.39 is 5.91 Å². The lowest BCUT2D eigenvalue weighted by molar-refractivity contribution is 0.0924. The normalized spacial score (nSPS) is 12.0. The van der Waals surface area contributed by atoms with Crippen molar-refractivity contribution in [1.29, 1.82) is 0 Å². The number of hydrogen-bond donors (Lipinski definition) is 2. The fraction of sp³-hybridized carbons (Fsp3) is 0.222. The van der Waals surface area contributed by atoms with Gasteiger partial charge >= 0.3 is 0 Å². The molecule has 0 bridgehead atoms. The van der Waals surface area contributed by atoms with Crippen LogP contribution in [-0.2, 0) is 0 Å². The number of nitrogens with one attached hydrogen (secondary N) is 1. The van der Waals surface area contributed by atoms with Gasteiger partial charge in [-0.1, -0.05) is 44.2 Å². The maximum absolute atomic E-state index is 12.4. The molecule has 0 aliphatic rings. The van der Waals surface area contributed by atoms with Crippen LogP contribution in [-0.4, -0.2) is 11.8 Å². The van der Waals surface area contributed by atoms with E-state index in [0.717, 1.165) is 5.56 Å². The zero-order valence-electron chi connectivity index (χ0n) is 12.7. The third-order valence-electron chi connectivity index (χ3n) is 3.54. The fourth-order valence-electron chi connectivity index (χ4n) is 2.31. The molecule has 114 valence electrons. The number of rotatable bonds is 5. The Morgan fingerprint density at radius 2 is 1.45 bits per heavy atom. The molecular weight excluding hydrogens is 276 g/mol. The van der Waals surface area contributed by atoms with Crippen molar-refractivity contribution in [2.45, 2.75) is 19.9 Å². The molecule has 0 saturated heterocycles. The Bertz CT molecular complexity index is 649. The first-order valence-electron chi connectivity index (χ1n) is 7.24. The van der Waals surface area contributed by atoms with Crippen molar-refractivity contribution in [3.63, 3.8) is 0 Å². The van der Waals surface area contributed by atoms with Crippen LogP contribution in [0.3, 0.4) is 0 Å². The average molecular weight is 296 g/mol. The third kappa shape index (κ3) is 3.73. The van der Waals surface area contributed by atoms with Gasteiger partial charge in [0.05, 0.1) is 6.04 Å². The van der Waals surface area contributed by atoms with Crippen LogP contribution in [0.2, 0.25) is 0 Å². The molecule has 0 heterocycles. The highest BCUT2D eigenvalue weighted by Crippen LogP contribution is 2.21. The van der Waals surface area contributed by atoms with Gasteiger partial charge in [0, 0.05) is 11.1 Å². The molecule has 3 N–H and O–H groups in total. The van der Waals surface area contributed by atoms with Crippen molar-refractivity contribution in [3.05, 3.63) is 71.3 Å². The van der Waals surface area contributed by atoms with Gasteiger partial charge in [-0.05, 0) is 35.7 Å². The van der Waals surface area contributed by atoms with Crippen LogP contribution in [0.15, 0.2) is 54.6 Å². The first-order valence-corrected chi connectivity index (χ1v) is 7.24. The van der Waals surface area contributed by atoms with Gasteiger partial charge in [-0.2, -0.15) is 0 Å². The van der Waals surface area contributed by atoms with Crippen LogP contribution in [0, 0.1) is 5.92 Å². The molecule has 4 heteroatoms. The van der Waals surface area contributed by atoms with E-state index in [2.05, 4.69) is 19.2 Å². The molecule has 0 fully saturated rings. The average Bonchev–Trinajstić information content (AvgIpc) is 2.53. The monoisotopic (exact) mass is 296 g/mol. The van der Waals surface area contributed by atoms with Gasteiger partial charge in [0.2, 0.25) is 5.91 Å². The molecule has 22 heavy (non-hydrogen) atoms. The first kappa shape index (κ1) is 15.8. The van der Waals surface area contributed by atoms with Gasteiger partial charge in [-0.25, -0.2) is 0 Å². The molecule has 2 aromatic rings. The third-order valence-corrected chi connectivity index (χ3v) is 3.54. The highest BCUT2D eigenvalue weighted by Gasteiger charge is 2.19. The Morgan fingerprint density at radius 1 is 0.909 bits per heavy atom. The van der Waals surface area contributed by atoms with E-state index in [1.54, 1.807) is 24.3 Å². The Balaban J connectivity index is 2.16. The molecule has 0 aromatic heterocycles.